The molecular formula is C18H26BNO4. The van der Waals surface area contributed by atoms with E-state index in [0.29, 0.717) is 0 Å². The van der Waals surface area contributed by atoms with Crippen LogP contribution in [0.5, 0.6) is 0 Å². The fourth-order valence-electron chi connectivity index (χ4n) is 3.29. The average molecular weight is 331 g/mol. The molecule has 2 fully saturated rings. The van der Waals surface area contributed by atoms with Gasteiger partial charge in [-0.25, -0.2) is 4.79 Å². The Balaban J connectivity index is 1.84. The first-order valence-corrected chi connectivity index (χ1v) is 8.55. The minimum absolute atomic E-state index is 0.173. The van der Waals surface area contributed by atoms with E-state index in [2.05, 4.69) is 11.0 Å². The lowest BCUT2D eigenvalue weighted by Crippen LogP contribution is -2.41. The Morgan fingerprint density at radius 1 is 1.25 bits per heavy atom. The zero-order valence-electron chi connectivity index (χ0n) is 15.2. The Kier molecular flexibility index (Phi) is 4.38. The van der Waals surface area contributed by atoms with Crippen LogP contribution < -0.4 is 10.4 Å². The topological polar surface area (TPSA) is 48.0 Å². The van der Waals surface area contributed by atoms with Crippen molar-refractivity contribution < 1.29 is 18.8 Å². The van der Waals surface area contributed by atoms with Crippen LogP contribution in [-0.4, -0.2) is 44.0 Å². The molecule has 0 amide bonds. The van der Waals surface area contributed by atoms with Crippen LogP contribution in [0.1, 0.15) is 40.5 Å². The molecule has 0 bridgehead atoms. The predicted octanol–water partition coefficient (Wildman–Crippen LogP) is 2.13. The Morgan fingerprint density at radius 2 is 1.92 bits per heavy atom. The van der Waals surface area contributed by atoms with Gasteiger partial charge < -0.3 is 18.9 Å². The van der Waals surface area contributed by atoms with Gasteiger partial charge >= 0.3 is 13.1 Å². The number of carbonyl (C=O) groups excluding carboxylic acids is 1. The van der Waals surface area contributed by atoms with Gasteiger partial charge in [-0.05, 0) is 58.1 Å². The van der Waals surface area contributed by atoms with Crippen LogP contribution >= 0.6 is 0 Å². The lowest BCUT2D eigenvalue weighted by atomic mass is 9.79. The minimum atomic E-state index is -0.394. The SMILES string of the molecule is COC(=O)C1CCCN1c1cccc(B2OC(C)(C)C(C)(C)O2)c1. The Labute approximate surface area is 144 Å². The van der Waals surface area contributed by atoms with Crippen LogP contribution in [0.4, 0.5) is 5.69 Å². The molecule has 0 spiro atoms. The van der Waals surface area contributed by atoms with Crippen LogP contribution in [0, 0.1) is 0 Å². The zero-order valence-corrected chi connectivity index (χ0v) is 15.2. The standard InChI is InChI=1S/C18H26BNO4/c1-17(2)18(3,4)24-19(23-17)13-8-6-9-14(12-13)20-11-7-10-15(20)16(21)22-5/h6,8-9,12,15H,7,10-11H2,1-5H3. The van der Waals surface area contributed by atoms with Crippen LogP contribution in [0.15, 0.2) is 24.3 Å². The molecule has 0 saturated carbocycles. The van der Waals surface area contributed by atoms with Crippen molar-refractivity contribution in [1.29, 1.82) is 0 Å². The first-order chi connectivity index (χ1) is 11.2. The van der Waals surface area contributed by atoms with Crippen molar-refractivity contribution in [3.63, 3.8) is 0 Å². The second-order valence-corrected chi connectivity index (χ2v) is 7.56. The van der Waals surface area contributed by atoms with Gasteiger partial charge in [0.05, 0.1) is 18.3 Å². The average Bonchev–Trinajstić information content (AvgIpc) is 3.10. The maximum atomic E-state index is 12.0. The minimum Gasteiger partial charge on any atom is -0.467 e. The monoisotopic (exact) mass is 331 g/mol. The summed E-state index contributed by atoms with van der Waals surface area (Å²) in [4.78, 5) is 14.1. The summed E-state index contributed by atoms with van der Waals surface area (Å²) in [5, 5.41) is 0. The van der Waals surface area contributed by atoms with Gasteiger partial charge in [-0.2, -0.15) is 0 Å². The van der Waals surface area contributed by atoms with Gasteiger partial charge in [0.25, 0.3) is 0 Å². The first-order valence-electron chi connectivity index (χ1n) is 8.55. The molecule has 1 aromatic rings. The van der Waals surface area contributed by atoms with Crippen LogP contribution in [0.2, 0.25) is 0 Å². The summed E-state index contributed by atoms with van der Waals surface area (Å²) in [6.07, 6.45) is 1.81. The summed E-state index contributed by atoms with van der Waals surface area (Å²) < 4.78 is 17.2. The molecule has 1 atom stereocenters. The van der Waals surface area contributed by atoms with Gasteiger partial charge in [-0.15, -0.1) is 0 Å². The van der Waals surface area contributed by atoms with Crippen molar-refractivity contribution in [1.82, 2.24) is 0 Å². The second kappa shape index (κ2) is 6.08. The summed E-state index contributed by atoms with van der Waals surface area (Å²) in [5.41, 5.74) is 1.25. The Hall–Kier alpha value is -1.53. The van der Waals surface area contributed by atoms with Crippen LogP contribution in [-0.2, 0) is 18.8 Å². The quantitative estimate of drug-likeness (QED) is 0.627. The predicted molar refractivity (Wildman–Crippen MR) is 94.5 cm³/mol. The van der Waals surface area contributed by atoms with E-state index in [4.69, 9.17) is 14.0 Å². The molecule has 2 aliphatic heterocycles. The number of hydrogen-bond donors (Lipinski definition) is 0. The highest BCUT2D eigenvalue weighted by Crippen LogP contribution is 2.36. The van der Waals surface area contributed by atoms with E-state index in [1.54, 1.807) is 0 Å². The zero-order chi connectivity index (χ0) is 17.5. The third kappa shape index (κ3) is 2.93. The Bertz CT molecular complexity index is 615. The third-order valence-electron chi connectivity index (χ3n) is 5.45. The highest BCUT2D eigenvalue weighted by atomic mass is 16.7. The summed E-state index contributed by atoms with van der Waals surface area (Å²) >= 11 is 0. The third-order valence-corrected chi connectivity index (χ3v) is 5.45. The molecule has 5 nitrogen and oxygen atoms in total. The summed E-state index contributed by atoms with van der Waals surface area (Å²) in [6, 6.07) is 7.87. The number of carbonyl (C=O) groups is 1. The molecule has 0 aromatic heterocycles. The van der Waals surface area contributed by atoms with Gasteiger partial charge in [-0.3, -0.25) is 0 Å². The number of benzene rings is 1. The molecule has 3 rings (SSSR count). The highest BCUT2D eigenvalue weighted by Gasteiger charge is 2.51. The molecule has 2 saturated heterocycles. The molecule has 24 heavy (non-hydrogen) atoms. The smallest absolute Gasteiger partial charge is 0.467 e. The number of anilines is 1. The maximum absolute atomic E-state index is 12.0. The van der Waals surface area contributed by atoms with E-state index < -0.39 is 7.12 Å². The van der Waals surface area contributed by atoms with Crippen molar-refractivity contribution in [3.05, 3.63) is 24.3 Å². The molecule has 0 N–H and O–H groups in total. The molecular weight excluding hydrogens is 305 g/mol. The van der Waals surface area contributed by atoms with Crippen molar-refractivity contribution in [2.45, 2.75) is 57.8 Å². The first kappa shape index (κ1) is 17.3. The van der Waals surface area contributed by atoms with Crippen molar-refractivity contribution in [2.24, 2.45) is 0 Å². The van der Waals surface area contributed by atoms with E-state index in [1.165, 1.54) is 7.11 Å². The van der Waals surface area contributed by atoms with E-state index in [0.717, 1.165) is 30.5 Å². The van der Waals surface area contributed by atoms with E-state index >= 15 is 0 Å². The number of esters is 1. The van der Waals surface area contributed by atoms with Crippen LogP contribution in [0.3, 0.4) is 0 Å². The number of hydrogen-bond acceptors (Lipinski definition) is 5. The largest absolute Gasteiger partial charge is 0.494 e. The second-order valence-electron chi connectivity index (χ2n) is 7.56. The van der Waals surface area contributed by atoms with Crippen molar-refractivity contribution in [3.8, 4) is 0 Å². The van der Waals surface area contributed by atoms with E-state index in [9.17, 15) is 4.79 Å². The molecule has 0 aliphatic carbocycles. The molecule has 130 valence electrons. The number of ether oxygens (including phenoxy) is 1. The lowest BCUT2D eigenvalue weighted by molar-refractivity contribution is -0.141. The number of methoxy groups -OCH3 is 1. The fourth-order valence-corrected chi connectivity index (χ4v) is 3.29. The molecule has 2 heterocycles. The lowest BCUT2D eigenvalue weighted by Gasteiger charge is -2.32. The van der Waals surface area contributed by atoms with Gasteiger partial charge in [0, 0.05) is 12.2 Å². The van der Waals surface area contributed by atoms with Gasteiger partial charge in [0.15, 0.2) is 0 Å². The molecule has 2 aliphatic rings. The van der Waals surface area contributed by atoms with Crippen molar-refractivity contribution in [2.75, 3.05) is 18.6 Å². The molecule has 6 heteroatoms. The molecule has 0 radical (unpaired) electrons. The van der Waals surface area contributed by atoms with Crippen LogP contribution in [0.25, 0.3) is 0 Å². The maximum Gasteiger partial charge on any atom is 0.494 e. The van der Waals surface area contributed by atoms with E-state index in [-0.39, 0.29) is 23.2 Å². The molecule has 1 unspecified atom stereocenters. The normalized spacial score (nSPS) is 25.1. The summed E-state index contributed by atoms with van der Waals surface area (Å²) in [6.45, 7) is 9.04. The number of rotatable bonds is 3. The van der Waals surface area contributed by atoms with Gasteiger partial charge in [-0.1, -0.05) is 12.1 Å². The highest BCUT2D eigenvalue weighted by molar-refractivity contribution is 6.62. The molecule has 1 aromatic carbocycles. The van der Waals surface area contributed by atoms with Gasteiger partial charge in [0.1, 0.15) is 6.04 Å². The summed E-state index contributed by atoms with van der Waals surface area (Å²) in [5.74, 6) is -0.173. The van der Waals surface area contributed by atoms with E-state index in [1.807, 2.05) is 45.9 Å². The van der Waals surface area contributed by atoms with Crippen molar-refractivity contribution >= 4 is 24.2 Å². The fraction of sp³-hybridized carbons (Fsp3) is 0.611. The summed E-state index contributed by atoms with van der Waals surface area (Å²) in [7, 11) is 1.05. The Morgan fingerprint density at radius 3 is 2.54 bits per heavy atom. The number of nitrogens with zero attached hydrogens (tertiary/aromatic N) is 1. The van der Waals surface area contributed by atoms with Gasteiger partial charge in [0.2, 0.25) is 0 Å².